The summed E-state index contributed by atoms with van der Waals surface area (Å²) in [7, 11) is 0. The van der Waals surface area contributed by atoms with E-state index in [4.69, 9.17) is 0 Å². The zero-order valence-corrected chi connectivity index (χ0v) is 13.1. The van der Waals surface area contributed by atoms with Crippen LogP contribution < -0.4 is 4.90 Å². The van der Waals surface area contributed by atoms with Crippen LogP contribution >= 0.6 is 0 Å². The molecule has 2 aliphatic heterocycles. The fourth-order valence-corrected chi connectivity index (χ4v) is 3.49. The molecule has 1 aromatic rings. The number of aliphatic carboxylic acids is 1. The van der Waals surface area contributed by atoms with Crippen LogP contribution in [0.3, 0.4) is 0 Å². The Bertz CT molecular complexity index is 606. The quantitative estimate of drug-likeness (QED) is 0.927. The molecule has 1 saturated heterocycles. The van der Waals surface area contributed by atoms with E-state index in [0.717, 1.165) is 24.3 Å². The van der Waals surface area contributed by atoms with Crippen molar-refractivity contribution in [1.82, 2.24) is 4.90 Å². The number of hydrogen-bond acceptors (Lipinski definition) is 3. The molecule has 5 nitrogen and oxygen atoms in total. The molecule has 0 radical (unpaired) electrons. The highest BCUT2D eigenvalue weighted by atomic mass is 16.4. The molecular formula is C17H22N2O3. The third-order valence-electron chi connectivity index (χ3n) is 4.62. The van der Waals surface area contributed by atoms with Crippen molar-refractivity contribution in [3.8, 4) is 0 Å². The van der Waals surface area contributed by atoms with Crippen LogP contribution in [0.1, 0.15) is 42.6 Å². The maximum absolute atomic E-state index is 12.7. The molecule has 2 heterocycles. The van der Waals surface area contributed by atoms with Crippen molar-refractivity contribution in [3.05, 3.63) is 29.3 Å². The predicted molar refractivity (Wildman–Crippen MR) is 84.0 cm³/mol. The second-order valence-corrected chi connectivity index (χ2v) is 6.50. The second-order valence-electron chi connectivity index (χ2n) is 6.50. The summed E-state index contributed by atoms with van der Waals surface area (Å²) >= 11 is 0. The molecule has 1 aromatic carbocycles. The Morgan fingerprint density at radius 3 is 2.50 bits per heavy atom. The van der Waals surface area contributed by atoms with Gasteiger partial charge in [0.2, 0.25) is 0 Å². The standard InChI is InChI=1S/C17H22N2O3/c1-11(2)15(17(21)22)19-10-12-5-6-13(9-14(12)16(19)20)18-7-3-4-8-18/h5-6,9,11,15H,3-4,7-8,10H2,1-2H3,(H,21,22)/t15-/m0/s1. The van der Waals surface area contributed by atoms with Crippen LogP contribution in [0.25, 0.3) is 0 Å². The fraction of sp³-hybridized carbons (Fsp3) is 0.529. The minimum atomic E-state index is -0.934. The molecular weight excluding hydrogens is 280 g/mol. The highest BCUT2D eigenvalue weighted by Crippen LogP contribution is 2.31. The SMILES string of the molecule is CC(C)[C@@H](C(=O)O)N1Cc2ccc(N3CCCC3)cc2C1=O. The Morgan fingerprint density at radius 1 is 1.23 bits per heavy atom. The minimum absolute atomic E-state index is 0.117. The second kappa shape index (κ2) is 5.63. The molecule has 0 bridgehead atoms. The summed E-state index contributed by atoms with van der Waals surface area (Å²) in [4.78, 5) is 27.9. The summed E-state index contributed by atoms with van der Waals surface area (Å²) < 4.78 is 0. The van der Waals surface area contributed by atoms with Crippen LogP contribution in [0.4, 0.5) is 5.69 Å². The number of carboxylic acids is 1. The maximum Gasteiger partial charge on any atom is 0.326 e. The molecule has 0 spiro atoms. The number of fused-ring (bicyclic) bond motifs is 1. The van der Waals surface area contributed by atoms with Gasteiger partial charge in [0.15, 0.2) is 0 Å². The van der Waals surface area contributed by atoms with Gasteiger partial charge in [-0.2, -0.15) is 0 Å². The van der Waals surface area contributed by atoms with Crippen molar-refractivity contribution in [2.24, 2.45) is 5.92 Å². The Labute approximate surface area is 130 Å². The zero-order chi connectivity index (χ0) is 15.9. The van der Waals surface area contributed by atoms with Gasteiger partial charge in [0.05, 0.1) is 0 Å². The molecule has 22 heavy (non-hydrogen) atoms. The van der Waals surface area contributed by atoms with E-state index in [-0.39, 0.29) is 11.8 Å². The molecule has 0 aliphatic carbocycles. The monoisotopic (exact) mass is 302 g/mol. The van der Waals surface area contributed by atoms with Crippen LogP contribution in [-0.2, 0) is 11.3 Å². The third kappa shape index (κ3) is 2.45. The van der Waals surface area contributed by atoms with Crippen LogP contribution in [0.5, 0.6) is 0 Å². The smallest absolute Gasteiger partial charge is 0.326 e. The summed E-state index contributed by atoms with van der Waals surface area (Å²) in [6.07, 6.45) is 2.37. The lowest BCUT2D eigenvalue weighted by molar-refractivity contribution is -0.144. The van der Waals surface area contributed by atoms with Crippen molar-refractivity contribution < 1.29 is 14.7 Å². The van der Waals surface area contributed by atoms with Gasteiger partial charge in [0, 0.05) is 30.9 Å². The Morgan fingerprint density at radius 2 is 1.91 bits per heavy atom. The first-order valence-corrected chi connectivity index (χ1v) is 7.90. The normalized spacial score (nSPS) is 19.0. The minimum Gasteiger partial charge on any atom is -0.480 e. The van der Waals surface area contributed by atoms with Gasteiger partial charge in [-0.3, -0.25) is 4.79 Å². The number of benzene rings is 1. The molecule has 2 aliphatic rings. The molecule has 0 aromatic heterocycles. The highest BCUT2D eigenvalue weighted by molar-refractivity contribution is 6.01. The average Bonchev–Trinajstić information content (AvgIpc) is 3.08. The topological polar surface area (TPSA) is 60.9 Å². The van der Waals surface area contributed by atoms with E-state index in [0.29, 0.717) is 12.1 Å². The van der Waals surface area contributed by atoms with E-state index in [1.165, 1.54) is 17.7 Å². The van der Waals surface area contributed by atoms with E-state index >= 15 is 0 Å². The van der Waals surface area contributed by atoms with Gasteiger partial charge < -0.3 is 14.9 Å². The van der Waals surface area contributed by atoms with Crippen molar-refractivity contribution in [2.75, 3.05) is 18.0 Å². The number of anilines is 1. The van der Waals surface area contributed by atoms with Gasteiger partial charge >= 0.3 is 5.97 Å². The first kappa shape index (κ1) is 14.9. The summed E-state index contributed by atoms with van der Waals surface area (Å²) in [6, 6.07) is 5.18. The first-order chi connectivity index (χ1) is 10.5. The summed E-state index contributed by atoms with van der Waals surface area (Å²) in [5.74, 6) is -1.21. The number of rotatable bonds is 4. The van der Waals surface area contributed by atoms with Crippen molar-refractivity contribution in [1.29, 1.82) is 0 Å². The molecule has 1 atom stereocenters. The first-order valence-electron chi connectivity index (χ1n) is 7.90. The van der Waals surface area contributed by atoms with Gasteiger partial charge in [0.25, 0.3) is 5.91 Å². The average molecular weight is 302 g/mol. The van der Waals surface area contributed by atoms with Crippen LogP contribution in [-0.4, -0.2) is 41.0 Å². The molecule has 1 fully saturated rings. The Kier molecular flexibility index (Phi) is 3.81. The highest BCUT2D eigenvalue weighted by Gasteiger charge is 2.38. The molecule has 5 heteroatoms. The van der Waals surface area contributed by atoms with Gasteiger partial charge in [-0.15, -0.1) is 0 Å². The van der Waals surface area contributed by atoms with Crippen molar-refractivity contribution in [2.45, 2.75) is 39.3 Å². The lowest BCUT2D eigenvalue weighted by atomic mass is 10.0. The largest absolute Gasteiger partial charge is 0.480 e. The lowest BCUT2D eigenvalue weighted by Gasteiger charge is -2.27. The van der Waals surface area contributed by atoms with E-state index < -0.39 is 12.0 Å². The number of nitrogens with zero attached hydrogens (tertiary/aromatic N) is 2. The van der Waals surface area contributed by atoms with Crippen LogP contribution in [0.2, 0.25) is 0 Å². The van der Waals surface area contributed by atoms with Crippen molar-refractivity contribution in [3.63, 3.8) is 0 Å². The van der Waals surface area contributed by atoms with E-state index in [1.807, 2.05) is 32.0 Å². The van der Waals surface area contributed by atoms with Crippen molar-refractivity contribution >= 4 is 17.6 Å². The van der Waals surface area contributed by atoms with Gasteiger partial charge in [-0.05, 0) is 36.5 Å². The molecule has 1 amide bonds. The van der Waals surface area contributed by atoms with Gasteiger partial charge in [-0.1, -0.05) is 19.9 Å². The third-order valence-corrected chi connectivity index (χ3v) is 4.62. The lowest BCUT2D eigenvalue weighted by Crippen LogP contribution is -2.44. The summed E-state index contributed by atoms with van der Waals surface area (Å²) in [5.41, 5.74) is 2.67. The van der Waals surface area contributed by atoms with Gasteiger partial charge in [0.1, 0.15) is 6.04 Å². The van der Waals surface area contributed by atoms with Gasteiger partial charge in [-0.25, -0.2) is 4.79 Å². The molecule has 0 unspecified atom stereocenters. The number of amides is 1. The molecule has 118 valence electrons. The number of hydrogen-bond donors (Lipinski definition) is 1. The van der Waals surface area contributed by atoms with E-state index in [9.17, 15) is 14.7 Å². The number of carboxylic acid groups (broad SMARTS) is 1. The fourth-order valence-electron chi connectivity index (χ4n) is 3.49. The molecule has 0 saturated carbocycles. The van der Waals surface area contributed by atoms with Crippen LogP contribution in [0, 0.1) is 5.92 Å². The predicted octanol–water partition coefficient (Wildman–Crippen LogP) is 2.35. The summed E-state index contributed by atoms with van der Waals surface area (Å²) in [5, 5.41) is 9.43. The van der Waals surface area contributed by atoms with Crippen LogP contribution in [0.15, 0.2) is 18.2 Å². The maximum atomic E-state index is 12.7. The molecule has 3 rings (SSSR count). The Hall–Kier alpha value is -2.04. The Balaban J connectivity index is 1.89. The van der Waals surface area contributed by atoms with E-state index in [1.54, 1.807) is 0 Å². The molecule has 1 N–H and O–H groups in total. The zero-order valence-electron chi connectivity index (χ0n) is 13.1. The number of carbonyl (C=O) groups is 2. The number of carbonyl (C=O) groups excluding carboxylic acids is 1. The van der Waals surface area contributed by atoms with E-state index in [2.05, 4.69) is 4.90 Å². The summed E-state index contributed by atoms with van der Waals surface area (Å²) in [6.45, 7) is 6.12.